The van der Waals surface area contributed by atoms with Gasteiger partial charge in [0, 0.05) is 10.6 Å². The normalized spacial score (nSPS) is 11.9. The first kappa shape index (κ1) is 19.7. The number of hydrazone groups is 1. The van der Waals surface area contributed by atoms with E-state index in [0.29, 0.717) is 37.8 Å². The van der Waals surface area contributed by atoms with Crippen LogP contribution in [0.4, 0.5) is 5.69 Å². The molecular formula is C17H12Cl3N3O3S. The van der Waals surface area contributed by atoms with Crippen LogP contribution in [0.1, 0.15) is 5.76 Å². The van der Waals surface area contributed by atoms with Crippen molar-refractivity contribution < 1.29 is 12.8 Å². The Morgan fingerprint density at radius 1 is 1.00 bits per heavy atom. The highest BCUT2D eigenvalue weighted by molar-refractivity contribution is 7.89. The summed E-state index contributed by atoms with van der Waals surface area (Å²) in [6.45, 7) is 0. The van der Waals surface area contributed by atoms with Crippen LogP contribution in [0.2, 0.25) is 15.1 Å². The van der Waals surface area contributed by atoms with E-state index in [1.165, 1.54) is 18.3 Å². The Morgan fingerprint density at radius 2 is 1.63 bits per heavy atom. The van der Waals surface area contributed by atoms with Gasteiger partial charge in [-0.05, 0) is 48.5 Å². The maximum absolute atomic E-state index is 11.3. The molecule has 1 aromatic heterocycles. The van der Waals surface area contributed by atoms with Crippen molar-refractivity contribution in [1.82, 2.24) is 0 Å². The topological polar surface area (TPSA) is 97.7 Å². The number of halogens is 3. The molecule has 0 amide bonds. The number of anilines is 1. The number of benzene rings is 2. The minimum Gasteiger partial charge on any atom is -0.455 e. The lowest BCUT2D eigenvalue weighted by Crippen LogP contribution is -2.11. The van der Waals surface area contributed by atoms with E-state index in [4.69, 9.17) is 44.4 Å². The first-order valence-electron chi connectivity index (χ1n) is 7.41. The van der Waals surface area contributed by atoms with Crippen LogP contribution in [0.25, 0.3) is 11.3 Å². The van der Waals surface area contributed by atoms with Gasteiger partial charge in [0.15, 0.2) is 0 Å². The number of nitrogens with two attached hydrogens (primary N) is 1. The van der Waals surface area contributed by atoms with Crippen LogP contribution in [-0.4, -0.2) is 14.6 Å². The molecule has 0 aliphatic carbocycles. The van der Waals surface area contributed by atoms with Gasteiger partial charge in [0.25, 0.3) is 0 Å². The summed E-state index contributed by atoms with van der Waals surface area (Å²) in [7, 11) is -3.73. The Hall–Kier alpha value is -2.03. The zero-order valence-corrected chi connectivity index (χ0v) is 16.6. The molecule has 0 bridgehead atoms. The highest BCUT2D eigenvalue weighted by atomic mass is 35.5. The lowest BCUT2D eigenvalue weighted by Gasteiger charge is -2.06. The maximum Gasteiger partial charge on any atom is 0.238 e. The van der Waals surface area contributed by atoms with Crippen LogP contribution in [-0.2, 0) is 10.0 Å². The molecule has 0 unspecified atom stereocenters. The van der Waals surface area contributed by atoms with Gasteiger partial charge in [-0.15, -0.1) is 0 Å². The molecule has 0 saturated heterocycles. The van der Waals surface area contributed by atoms with Gasteiger partial charge >= 0.3 is 0 Å². The van der Waals surface area contributed by atoms with E-state index < -0.39 is 10.0 Å². The number of nitrogens with one attached hydrogen (secondary N) is 1. The Bertz CT molecular complexity index is 1090. The van der Waals surface area contributed by atoms with Crippen molar-refractivity contribution in [2.75, 3.05) is 5.43 Å². The third kappa shape index (κ3) is 4.82. The molecule has 3 rings (SSSR count). The first-order valence-corrected chi connectivity index (χ1v) is 10.1. The van der Waals surface area contributed by atoms with Crippen LogP contribution in [0.3, 0.4) is 0 Å². The molecular weight excluding hydrogens is 433 g/mol. The van der Waals surface area contributed by atoms with E-state index >= 15 is 0 Å². The molecule has 0 aliphatic rings. The van der Waals surface area contributed by atoms with Crippen LogP contribution < -0.4 is 10.6 Å². The molecule has 0 aliphatic heterocycles. The molecule has 10 heteroatoms. The molecule has 1 heterocycles. The van der Waals surface area contributed by atoms with E-state index in [1.54, 1.807) is 36.4 Å². The molecule has 6 nitrogen and oxygen atoms in total. The van der Waals surface area contributed by atoms with E-state index in [-0.39, 0.29) is 4.90 Å². The number of hydrogen-bond donors (Lipinski definition) is 2. The van der Waals surface area contributed by atoms with Crippen molar-refractivity contribution >= 4 is 56.7 Å². The lowest BCUT2D eigenvalue weighted by atomic mass is 10.2. The van der Waals surface area contributed by atoms with Crippen molar-refractivity contribution in [2.45, 2.75) is 4.90 Å². The van der Waals surface area contributed by atoms with Gasteiger partial charge < -0.3 is 4.42 Å². The summed E-state index contributed by atoms with van der Waals surface area (Å²) in [5.41, 5.74) is 3.85. The molecule has 3 N–H and O–H groups in total. The number of rotatable bonds is 5. The highest BCUT2D eigenvalue weighted by Crippen LogP contribution is 2.33. The Morgan fingerprint density at radius 3 is 2.22 bits per heavy atom. The summed E-state index contributed by atoms with van der Waals surface area (Å²) >= 11 is 18.0. The van der Waals surface area contributed by atoms with Gasteiger partial charge in [-0.3, -0.25) is 5.43 Å². The van der Waals surface area contributed by atoms with Crippen molar-refractivity contribution in [3.05, 3.63) is 69.4 Å². The van der Waals surface area contributed by atoms with Crippen LogP contribution in [0.15, 0.2) is 62.9 Å². The molecule has 0 radical (unpaired) electrons. The number of nitrogens with zero attached hydrogens (tertiary/aromatic N) is 1. The van der Waals surface area contributed by atoms with Gasteiger partial charge in [0.1, 0.15) is 11.5 Å². The fraction of sp³-hybridized carbons (Fsp3) is 0. The largest absolute Gasteiger partial charge is 0.455 e. The van der Waals surface area contributed by atoms with Crippen molar-refractivity contribution in [2.24, 2.45) is 10.2 Å². The minimum atomic E-state index is -3.73. The zero-order chi connectivity index (χ0) is 19.6. The third-order valence-electron chi connectivity index (χ3n) is 3.47. The zero-order valence-electron chi connectivity index (χ0n) is 13.5. The molecule has 27 heavy (non-hydrogen) atoms. The monoisotopic (exact) mass is 443 g/mol. The number of hydrogen-bond acceptors (Lipinski definition) is 5. The fourth-order valence-electron chi connectivity index (χ4n) is 2.20. The molecule has 0 spiro atoms. The molecule has 3 aromatic rings. The van der Waals surface area contributed by atoms with E-state index in [2.05, 4.69) is 10.5 Å². The second-order valence-corrected chi connectivity index (χ2v) is 8.20. The Labute approximate surface area is 170 Å². The van der Waals surface area contributed by atoms with Gasteiger partial charge in [0.2, 0.25) is 10.0 Å². The van der Waals surface area contributed by atoms with Gasteiger partial charge in [-0.2, -0.15) is 5.10 Å². The van der Waals surface area contributed by atoms with Gasteiger partial charge in [-0.25, -0.2) is 13.6 Å². The summed E-state index contributed by atoms with van der Waals surface area (Å²) in [6, 6.07) is 12.6. The highest BCUT2D eigenvalue weighted by Gasteiger charge is 2.10. The summed E-state index contributed by atoms with van der Waals surface area (Å²) < 4.78 is 28.2. The minimum absolute atomic E-state index is 0.0283. The van der Waals surface area contributed by atoms with Crippen LogP contribution >= 0.6 is 34.8 Å². The number of furan rings is 1. The summed E-state index contributed by atoms with van der Waals surface area (Å²) in [5, 5.41) is 10.2. The predicted molar refractivity (Wildman–Crippen MR) is 108 cm³/mol. The van der Waals surface area contributed by atoms with Crippen molar-refractivity contribution in [3.63, 3.8) is 0 Å². The SMILES string of the molecule is NS(=O)(=O)c1ccc(-c2ccc(/C=N/Nc3c(Cl)cc(Cl)cc3Cl)o2)cc1. The molecule has 140 valence electrons. The standard InChI is InChI=1S/C17H12Cl3N3O3S/c18-11-7-14(19)17(15(20)8-11)23-22-9-12-3-6-16(26-12)10-1-4-13(5-2-10)27(21,24)25/h1-9,23H,(H2,21,24,25)/b22-9+. The van der Waals surface area contributed by atoms with Crippen molar-refractivity contribution in [3.8, 4) is 11.3 Å². The van der Waals surface area contributed by atoms with Gasteiger partial charge in [0.05, 0.1) is 26.8 Å². The van der Waals surface area contributed by atoms with Gasteiger partial charge in [-0.1, -0.05) is 34.8 Å². The average Bonchev–Trinajstić information content (AvgIpc) is 3.05. The first-order chi connectivity index (χ1) is 12.7. The lowest BCUT2D eigenvalue weighted by molar-refractivity contribution is 0.575. The van der Waals surface area contributed by atoms with Crippen LogP contribution in [0, 0.1) is 0 Å². The third-order valence-corrected chi connectivity index (χ3v) is 5.21. The fourth-order valence-corrected chi connectivity index (χ4v) is 3.61. The molecule has 0 saturated carbocycles. The molecule has 2 aromatic carbocycles. The van der Waals surface area contributed by atoms with E-state index in [1.807, 2.05) is 0 Å². The second-order valence-electron chi connectivity index (χ2n) is 5.39. The second kappa shape index (κ2) is 7.92. The summed E-state index contributed by atoms with van der Waals surface area (Å²) in [5.74, 6) is 1.01. The average molecular weight is 445 g/mol. The smallest absolute Gasteiger partial charge is 0.238 e. The van der Waals surface area contributed by atoms with E-state index in [0.717, 1.165) is 0 Å². The molecule has 0 atom stereocenters. The quantitative estimate of drug-likeness (QED) is 0.427. The predicted octanol–water partition coefficient (Wildman–Crippen LogP) is 5.00. The maximum atomic E-state index is 11.3. The van der Waals surface area contributed by atoms with Crippen molar-refractivity contribution in [1.29, 1.82) is 0 Å². The number of sulfonamides is 1. The molecule has 0 fully saturated rings. The summed E-state index contributed by atoms with van der Waals surface area (Å²) in [4.78, 5) is 0.0283. The van der Waals surface area contributed by atoms with Crippen LogP contribution in [0.5, 0.6) is 0 Å². The Kier molecular flexibility index (Phi) is 5.78. The number of primary sulfonamides is 1. The summed E-state index contributed by atoms with van der Waals surface area (Å²) in [6.07, 6.45) is 1.45. The Balaban J connectivity index is 1.74. The van der Waals surface area contributed by atoms with E-state index in [9.17, 15) is 8.42 Å².